The van der Waals surface area contributed by atoms with E-state index in [4.69, 9.17) is 0 Å². The molecule has 4 nitrogen and oxygen atoms in total. The molecule has 20 heavy (non-hydrogen) atoms. The van der Waals surface area contributed by atoms with Gasteiger partial charge in [0.2, 0.25) is 0 Å². The highest BCUT2D eigenvalue weighted by molar-refractivity contribution is 5.99. The summed E-state index contributed by atoms with van der Waals surface area (Å²) in [6.07, 6.45) is 4.37. The third kappa shape index (κ3) is 3.82. The number of pyridine rings is 1. The molecular formula is C16H19N3O. The molecule has 4 heteroatoms. The highest BCUT2D eigenvalue weighted by Crippen LogP contribution is 2.20. The van der Waals surface area contributed by atoms with Gasteiger partial charge in [-0.1, -0.05) is 26.0 Å². The molecule has 0 radical (unpaired) electrons. The fraction of sp³-hybridized carbons (Fsp3) is 0.250. The van der Waals surface area contributed by atoms with E-state index in [2.05, 4.69) is 29.5 Å². The van der Waals surface area contributed by atoms with Gasteiger partial charge in [0.05, 0.1) is 11.9 Å². The summed E-state index contributed by atoms with van der Waals surface area (Å²) in [7, 11) is 0. The van der Waals surface area contributed by atoms with Crippen LogP contribution in [0.2, 0.25) is 0 Å². The van der Waals surface area contributed by atoms with E-state index in [1.807, 2.05) is 24.3 Å². The molecule has 2 aromatic rings. The standard InChI is InChI=1S/C16H19N3O/c1-3-12(2)13-6-8-14(9-7-13)18-16(20)19-15-5-4-10-17-11-15/h4-12H,3H2,1-2H3,(H2,18,19,20)/t12-/m0/s1. The fourth-order valence-corrected chi connectivity index (χ4v) is 1.86. The lowest BCUT2D eigenvalue weighted by Gasteiger charge is -2.11. The molecule has 0 saturated heterocycles. The largest absolute Gasteiger partial charge is 0.323 e. The molecule has 1 aromatic heterocycles. The summed E-state index contributed by atoms with van der Waals surface area (Å²) in [6.45, 7) is 4.36. The van der Waals surface area contributed by atoms with Crippen molar-refractivity contribution in [1.82, 2.24) is 4.98 Å². The maximum atomic E-state index is 11.8. The van der Waals surface area contributed by atoms with Crippen molar-refractivity contribution >= 4 is 17.4 Å². The van der Waals surface area contributed by atoms with Gasteiger partial charge in [-0.2, -0.15) is 0 Å². The van der Waals surface area contributed by atoms with E-state index >= 15 is 0 Å². The Kier molecular flexibility index (Phi) is 4.71. The molecule has 0 spiro atoms. The van der Waals surface area contributed by atoms with Crippen LogP contribution in [-0.2, 0) is 0 Å². The van der Waals surface area contributed by atoms with Crippen molar-refractivity contribution in [2.24, 2.45) is 0 Å². The van der Waals surface area contributed by atoms with Gasteiger partial charge >= 0.3 is 6.03 Å². The molecule has 2 amide bonds. The monoisotopic (exact) mass is 269 g/mol. The molecule has 1 atom stereocenters. The van der Waals surface area contributed by atoms with Gasteiger partial charge in [-0.25, -0.2) is 4.79 Å². The number of hydrogen-bond acceptors (Lipinski definition) is 2. The molecule has 1 aromatic carbocycles. The lowest BCUT2D eigenvalue weighted by atomic mass is 9.99. The first-order valence-electron chi connectivity index (χ1n) is 6.77. The molecule has 0 saturated carbocycles. The summed E-state index contributed by atoms with van der Waals surface area (Å²) in [5, 5.41) is 5.52. The second-order valence-electron chi connectivity index (χ2n) is 4.75. The Bertz CT molecular complexity index is 552. The Labute approximate surface area is 119 Å². The Morgan fingerprint density at radius 1 is 1.15 bits per heavy atom. The third-order valence-electron chi connectivity index (χ3n) is 3.27. The molecule has 2 rings (SSSR count). The van der Waals surface area contributed by atoms with Crippen LogP contribution in [-0.4, -0.2) is 11.0 Å². The van der Waals surface area contributed by atoms with Crippen LogP contribution in [0.4, 0.5) is 16.2 Å². The van der Waals surface area contributed by atoms with Gasteiger partial charge in [-0.3, -0.25) is 4.98 Å². The minimum Gasteiger partial charge on any atom is -0.308 e. The molecule has 2 N–H and O–H groups in total. The normalized spacial score (nSPS) is 11.7. The van der Waals surface area contributed by atoms with Gasteiger partial charge in [0.15, 0.2) is 0 Å². The fourth-order valence-electron chi connectivity index (χ4n) is 1.86. The van der Waals surface area contributed by atoms with Crippen LogP contribution in [0.15, 0.2) is 48.8 Å². The minimum atomic E-state index is -0.269. The highest BCUT2D eigenvalue weighted by Gasteiger charge is 2.05. The first-order chi connectivity index (χ1) is 9.69. The zero-order valence-corrected chi connectivity index (χ0v) is 11.8. The number of aromatic nitrogens is 1. The number of rotatable bonds is 4. The van der Waals surface area contributed by atoms with Gasteiger partial charge in [0.1, 0.15) is 0 Å². The predicted octanol–water partition coefficient (Wildman–Crippen LogP) is 4.24. The number of hydrogen-bond donors (Lipinski definition) is 2. The molecule has 0 aliphatic rings. The average molecular weight is 269 g/mol. The molecule has 0 bridgehead atoms. The van der Waals surface area contributed by atoms with Crippen molar-refractivity contribution < 1.29 is 4.79 Å². The number of anilines is 2. The molecule has 0 unspecified atom stereocenters. The predicted molar refractivity (Wildman–Crippen MR) is 82.0 cm³/mol. The summed E-state index contributed by atoms with van der Waals surface area (Å²) >= 11 is 0. The molecule has 104 valence electrons. The van der Waals surface area contributed by atoms with Gasteiger partial charge < -0.3 is 10.6 Å². The highest BCUT2D eigenvalue weighted by atomic mass is 16.2. The van der Waals surface area contributed by atoms with Gasteiger partial charge in [0, 0.05) is 11.9 Å². The van der Waals surface area contributed by atoms with E-state index in [9.17, 15) is 4.79 Å². The number of urea groups is 1. The Morgan fingerprint density at radius 3 is 2.45 bits per heavy atom. The number of carbonyl (C=O) groups is 1. The summed E-state index contributed by atoms with van der Waals surface area (Å²) in [5.74, 6) is 0.535. The Morgan fingerprint density at radius 2 is 1.85 bits per heavy atom. The molecular weight excluding hydrogens is 250 g/mol. The van der Waals surface area contributed by atoms with Crippen molar-refractivity contribution in [1.29, 1.82) is 0 Å². The van der Waals surface area contributed by atoms with Gasteiger partial charge in [-0.15, -0.1) is 0 Å². The number of carbonyl (C=O) groups excluding carboxylic acids is 1. The molecule has 0 aliphatic carbocycles. The Hall–Kier alpha value is -2.36. The smallest absolute Gasteiger partial charge is 0.308 e. The third-order valence-corrected chi connectivity index (χ3v) is 3.27. The summed E-state index contributed by atoms with van der Waals surface area (Å²) in [6, 6.07) is 11.2. The van der Waals surface area contributed by atoms with Crippen LogP contribution in [0.3, 0.4) is 0 Å². The Balaban J connectivity index is 1.94. The van der Waals surface area contributed by atoms with Crippen molar-refractivity contribution in [3.8, 4) is 0 Å². The van der Waals surface area contributed by atoms with Crippen LogP contribution >= 0.6 is 0 Å². The topological polar surface area (TPSA) is 54.0 Å². The lowest BCUT2D eigenvalue weighted by Crippen LogP contribution is -2.19. The SMILES string of the molecule is CC[C@H](C)c1ccc(NC(=O)Nc2cccnc2)cc1. The van der Waals surface area contributed by atoms with E-state index < -0.39 is 0 Å². The number of amides is 2. The van der Waals surface area contributed by atoms with Crippen molar-refractivity contribution in [3.05, 3.63) is 54.4 Å². The van der Waals surface area contributed by atoms with Crippen molar-refractivity contribution in [2.75, 3.05) is 10.6 Å². The van der Waals surface area contributed by atoms with Crippen molar-refractivity contribution in [2.45, 2.75) is 26.2 Å². The summed E-state index contributed by atoms with van der Waals surface area (Å²) in [4.78, 5) is 15.7. The minimum absolute atomic E-state index is 0.269. The van der Waals surface area contributed by atoms with E-state index in [1.165, 1.54) is 5.56 Å². The first-order valence-corrected chi connectivity index (χ1v) is 6.77. The number of benzene rings is 1. The van der Waals surface area contributed by atoms with Crippen LogP contribution in [0.25, 0.3) is 0 Å². The first kappa shape index (κ1) is 14.1. The second kappa shape index (κ2) is 6.70. The second-order valence-corrected chi connectivity index (χ2v) is 4.75. The van der Waals surface area contributed by atoms with Crippen LogP contribution < -0.4 is 10.6 Å². The van der Waals surface area contributed by atoms with Gasteiger partial charge in [0.25, 0.3) is 0 Å². The number of nitrogens with one attached hydrogen (secondary N) is 2. The van der Waals surface area contributed by atoms with E-state index in [0.29, 0.717) is 11.6 Å². The number of nitrogens with zero attached hydrogens (tertiary/aromatic N) is 1. The summed E-state index contributed by atoms with van der Waals surface area (Å²) in [5.41, 5.74) is 2.73. The molecule has 0 aliphatic heterocycles. The zero-order valence-electron chi connectivity index (χ0n) is 11.8. The van der Waals surface area contributed by atoms with E-state index in [1.54, 1.807) is 24.5 Å². The molecule has 1 heterocycles. The van der Waals surface area contributed by atoms with Gasteiger partial charge in [-0.05, 0) is 42.2 Å². The summed E-state index contributed by atoms with van der Waals surface area (Å²) < 4.78 is 0. The van der Waals surface area contributed by atoms with Crippen LogP contribution in [0, 0.1) is 0 Å². The van der Waals surface area contributed by atoms with Crippen molar-refractivity contribution in [3.63, 3.8) is 0 Å². The maximum Gasteiger partial charge on any atom is 0.323 e. The van der Waals surface area contributed by atoms with E-state index in [-0.39, 0.29) is 6.03 Å². The van der Waals surface area contributed by atoms with Crippen LogP contribution in [0.1, 0.15) is 31.7 Å². The van der Waals surface area contributed by atoms with Crippen LogP contribution in [0.5, 0.6) is 0 Å². The zero-order chi connectivity index (χ0) is 14.4. The van der Waals surface area contributed by atoms with E-state index in [0.717, 1.165) is 12.1 Å². The quantitative estimate of drug-likeness (QED) is 0.872. The average Bonchev–Trinajstić information content (AvgIpc) is 2.48. The molecule has 0 fully saturated rings. The lowest BCUT2D eigenvalue weighted by molar-refractivity contribution is 0.262. The maximum absolute atomic E-state index is 11.8.